The summed E-state index contributed by atoms with van der Waals surface area (Å²) in [4.78, 5) is 11.3. The number of nitrogens with one attached hydrogen (secondary N) is 1. The molecule has 0 fully saturated rings. The van der Waals surface area contributed by atoms with Crippen molar-refractivity contribution < 1.29 is 9.53 Å². The molecule has 0 bridgehead atoms. The molecular weight excluding hydrogens is 168 g/mol. The molecule has 0 radical (unpaired) electrons. The van der Waals surface area contributed by atoms with Crippen molar-refractivity contribution in [2.24, 2.45) is 0 Å². The second-order valence-electron chi connectivity index (χ2n) is 3.40. The number of nitrogens with zero attached hydrogens (tertiary/aromatic N) is 1. The van der Waals surface area contributed by atoms with E-state index in [0.29, 0.717) is 11.6 Å². The van der Waals surface area contributed by atoms with E-state index in [1.54, 1.807) is 0 Å². The van der Waals surface area contributed by atoms with Gasteiger partial charge in [-0.15, -0.1) is 0 Å². The average molecular weight is 180 g/mol. The van der Waals surface area contributed by atoms with Crippen LogP contribution in [0.5, 0.6) is 0 Å². The summed E-state index contributed by atoms with van der Waals surface area (Å²) in [5, 5.41) is 6.84. The first-order valence-corrected chi connectivity index (χ1v) is 4.39. The van der Waals surface area contributed by atoms with E-state index in [1.165, 1.54) is 7.11 Å². The topological polar surface area (TPSA) is 55.0 Å². The van der Waals surface area contributed by atoms with E-state index < -0.39 is 0 Å². The van der Waals surface area contributed by atoms with Gasteiger partial charge in [-0.05, 0) is 18.8 Å². The Kier molecular flexibility index (Phi) is 1.83. The van der Waals surface area contributed by atoms with Gasteiger partial charge >= 0.3 is 5.97 Å². The summed E-state index contributed by atoms with van der Waals surface area (Å²) in [6, 6.07) is 0. The van der Waals surface area contributed by atoms with Crippen molar-refractivity contribution in [2.45, 2.75) is 25.7 Å². The molecule has 1 atom stereocenters. The molecule has 4 heteroatoms. The molecule has 1 N–H and O–H groups in total. The van der Waals surface area contributed by atoms with Crippen molar-refractivity contribution in [3.63, 3.8) is 0 Å². The molecule has 0 aliphatic heterocycles. The monoisotopic (exact) mass is 180 g/mol. The van der Waals surface area contributed by atoms with Gasteiger partial charge in [-0.3, -0.25) is 5.10 Å². The van der Waals surface area contributed by atoms with Gasteiger partial charge in [-0.25, -0.2) is 4.79 Å². The molecule has 0 saturated heterocycles. The number of carbonyl (C=O) groups excluding carboxylic acids is 1. The number of aryl methyl sites for hydroxylation is 1. The maximum Gasteiger partial charge on any atom is 0.358 e. The standard InChI is InChI=1S/C9H12N2O2/c1-5-3-4-6-7(5)8(11-10-6)9(12)13-2/h5H,3-4H2,1-2H3,(H,10,11). The average Bonchev–Trinajstić information content (AvgIpc) is 2.68. The molecular formula is C9H12N2O2. The van der Waals surface area contributed by atoms with Crippen LogP contribution in [0.15, 0.2) is 0 Å². The number of carbonyl (C=O) groups is 1. The third-order valence-corrected chi connectivity index (χ3v) is 2.58. The number of hydrogen-bond acceptors (Lipinski definition) is 3. The minimum Gasteiger partial charge on any atom is -0.464 e. The van der Waals surface area contributed by atoms with Crippen LogP contribution in [0.4, 0.5) is 0 Å². The Labute approximate surface area is 76.3 Å². The van der Waals surface area contributed by atoms with Crippen molar-refractivity contribution in [3.8, 4) is 0 Å². The molecule has 1 aromatic heterocycles. The minimum atomic E-state index is -0.341. The zero-order valence-corrected chi connectivity index (χ0v) is 7.76. The van der Waals surface area contributed by atoms with Crippen LogP contribution in [0, 0.1) is 0 Å². The van der Waals surface area contributed by atoms with E-state index in [4.69, 9.17) is 0 Å². The first-order valence-electron chi connectivity index (χ1n) is 4.39. The smallest absolute Gasteiger partial charge is 0.358 e. The van der Waals surface area contributed by atoms with E-state index in [1.807, 2.05) is 0 Å². The van der Waals surface area contributed by atoms with Gasteiger partial charge in [0.1, 0.15) is 0 Å². The van der Waals surface area contributed by atoms with Crippen LogP contribution >= 0.6 is 0 Å². The molecule has 4 nitrogen and oxygen atoms in total. The summed E-state index contributed by atoms with van der Waals surface area (Å²) in [6.07, 6.45) is 2.08. The van der Waals surface area contributed by atoms with Gasteiger partial charge in [0.05, 0.1) is 7.11 Å². The van der Waals surface area contributed by atoms with Crippen LogP contribution < -0.4 is 0 Å². The highest BCUT2D eigenvalue weighted by atomic mass is 16.5. The van der Waals surface area contributed by atoms with E-state index in [0.717, 1.165) is 24.1 Å². The summed E-state index contributed by atoms with van der Waals surface area (Å²) < 4.78 is 4.65. The molecule has 1 aliphatic carbocycles. The van der Waals surface area contributed by atoms with Gasteiger partial charge in [-0.2, -0.15) is 5.10 Å². The number of rotatable bonds is 1. The van der Waals surface area contributed by atoms with Crippen LogP contribution in [0.1, 0.15) is 41.0 Å². The van der Waals surface area contributed by atoms with Crippen LogP contribution in [-0.4, -0.2) is 23.3 Å². The van der Waals surface area contributed by atoms with E-state index in [2.05, 4.69) is 21.9 Å². The molecule has 0 aromatic carbocycles. The summed E-state index contributed by atoms with van der Waals surface area (Å²) in [7, 11) is 1.38. The summed E-state index contributed by atoms with van der Waals surface area (Å²) in [5.41, 5.74) is 2.60. The zero-order chi connectivity index (χ0) is 9.42. The highest BCUT2D eigenvalue weighted by Crippen LogP contribution is 2.33. The predicted molar refractivity (Wildman–Crippen MR) is 46.7 cm³/mol. The van der Waals surface area contributed by atoms with Gasteiger partial charge in [0.25, 0.3) is 0 Å². The Morgan fingerprint density at radius 1 is 1.69 bits per heavy atom. The number of esters is 1. The van der Waals surface area contributed by atoms with Gasteiger partial charge in [-0.1, -0.05) is 6.92 Å². The highest BCUT2D eigenvalue weighted by molar-refractivity contribution is 5.89. The van der Waals surface area contributed by atoms with Crippen molar-refractivity contribution in [3.05, 3.63) is 17.0 Å². The maximum atomic E-state index is 11.3. The second-order valence-corrected chi connectivity index (χ2v) is 3.40. The Balaban J connectivity index is 2.43. The van der Waals surface area contributed by atoms with Crippen molar-refractivity contribution in [1.82, 2.24) is 10.2 Å². The third-order valence-electron chi connectivity index (χ3n) is 2.58. The molecule has 1 aromatic rings. The fraction of sp³-hybridized carbons (Fsp3) is 0.556. The summed E-state index contributed by atoms with van der Waals surface area (Å²) in [6.45, 7) is 2.10. The Hall–Kier alpha value is -1.32. The van der Waals surface area contributed by atoms with Gasteiger partial charge < -0.3 is 4.74 Å². The van der Waals surface area contributed by atoms with Crippen molar-refractivity contribution >= 4 is 5.97 Å². The number of aromatic nitrogens is 2. The van der Waals surface area contributed by atoms with Crippen LogP contribution in [0.3, 0.4) is 0 Å². The number of aromatic amines is 1. The lowest BCUT2D eigenvalue weighted by Crippen LogP contribution is -2.05. The third kappa shape index (κ3) is 1.13. The van der Waals surface area contributed by atoms with E-state index in [9.17, 15) is 4.79 Å². The first-order chi connectivity index (χ1) is 6.24. The van der Waals surface area contributed by atoms with Crippen LogP contribution in [-0.2, 0) is 11.2 Å². The SMILES string of the molecule is COC(=O)c1n[nH]c2c1C(C)CC2. The predicted octanol–water partition coefficient (Wildman–Crippen LogP) is 1.25. The number of fused-ring (bicyclic) bond motifs is 1. The number of methoxy groups -OCH3 is 1. The normalized spacial score (nSPS) is 20.0. The van der Waals surface area contributed by atoms with E-state index in [-0.39, 0.29) is 5.97 Å². The van der Waals surface area contributed by atoms with Crippen molar-refractivity contribution in [2.75, 3.05) is 7.11 Å². The molecule has 0 spiro atoms. The molecule has 70 valence electrons. The van der Waals surface area contributed by atoms with Crippen LogP contribution in [0.2, 0.25) is 0 Å². The summed E-state index contributed by atoms with van der Waals surface area (Å²) >= 11 is 0. The van der Waals surface area contributed by atoms with Crippen molar-refractivity contribution in [1.29, 1.82) is 0 Å². The first kappa shape index (κ1) is 8.29. The molecule has 13 heavy (non-hydrogen) atoms. The second kappa shape index (κ2) is 2.87. The maximum absolute atomic E-state index is 11.3. The number of H-pyrrole nitrogens is 1. The fourth-order valence-corrected chi connectivity index (χ4v) is 1.87. The molecule has 0 amide bonds. The van der Waals surface area contributed by atoms with Crippen LogP contribution in [0.25, 0.3) is 0 Å². The Bertz CT molecular complexity index is 343. The lowest BCUT2D eigenvalue weighted by Gasteiger charge is -2.02. The van der Waals surface area contributed by atoms with Gasteiger partial charge in [0.2, 0.25) is 0 Å². The largest absolute Gasteiger partial charge is 0.464 e. The molecule has 2 rings (SSSR count). The van der Waals surface area contributed by atoms with E-state index >= 15 is 0 Å². The van der Waals surface area contributed by atoms with Gasteiger partial charge in [0.15, 0.2) is 5.69 Å². The number of hydrogen-bond donors (Lipinski definition) is 1. The minimum absolute atomic E-state index is 0.341. The molecule has 1 heterocycles. The highest BCUT2D eigenvalue weighted by Gasteiger charge is 2.28. The summed E-state index contributed by atoms with van der Waals surface area (Å²) in [5.74, 6) is 0.0779. The Morgan fingerprint density at radius 2 is 2.46 bits per heavy atom. The number of ether oxygens (including phenoxy) is 1. The van der Waals surface area contributed by atoms with Gasteiger partial charge in [0, 0.05) is 11.3 Å². The Morgan fingerprint density at radius 3 is 3.15 bits per heavy atom. The quantitative estimate of drug-likeness (QED) is 0.661. The zero-order valence-electron chi connectivity index (χ0n) is 7.76. The lowest BCUT2D eigenvalue weighted by atomic mass is 10.0. The lowest BCUT2D eigenvalue weighted by molar-refractivity contribution is 0.0592. The molecule has 1 aliphatic rings. The molecule has 1 unspecified atom stereocenters. The fourth-order valence-electron chi connectivity index (χ4n) is 1.87. The molecule has 0 saturated carbocycles.